The third kappa shape index (κ3) is 3.39. The van der Waals surface area contributed by atoms with E-state index in [1.54, 1.807) is 18.9 Å². The molecule has 1 unspecified atom stereocenters. The second kappa shape index (κ2) is 5.95. The normalized spacial score (nSPS) is 22.9. The van der Waals surface area contributed by atoms with Gasteiger partial charge >= 0.3 is 0 Å². The zero-order chi connectivity index (χ0) is 12.0. The highest BCUT2D eigenvalue weighted by Crippen LogP contribution is 2.25. The van der Waals surface area contributed by atoms with Gasteiger partial charge in [0.2, 0.25) is 0 Å². The topological polar surface area (TPSA) is 9.23 Å². The van der Waals surface area contributed by atoms with Gasteiger partial charge in [-0.15, -0.1) is 0 Å². The smallest absolute Gasteiger partial charge is 0.147 e. The molecule has 0 heterocycles. The molecule has 0 saturated carbocycles. The van der Waals surface area contributed by atoms with Crippen LogP contribution in [-0.4, -0.2) is 12.7 Å². The summed E-state index contributed by atoms with van der Waals surface area (Å²) in [6, 6.07) is 10.2. The number of thioether (sulfide) groups is 1. The highest BCUT2D eigenvalue weighted by Gasteiger charge is 2.25. The number of rotatable bonds is 2. The number of hydrogen-bond acceptors (Lipinski definition) is 2. The van der Waals surface area contributed by atoms with Crippen molar-refractivity contribution in [3.63, 3.8) is 0 Å². The number of allylic oxidation sites excluding steroid dienone is 1. The van der Waals surface area contributed by atoms with Gasteiger partial charge in [0.1, 0.15) is 5.60 Å². The number of ether oxygens (including phenoxy) is 1. The number of methoxy groups -OCH3 is 1. The summed E-state index contributed by atoms with van der Waals surface area (Å²) >= 11 is 1.55. The van der Waals surface area contributed by atoms with E-state index < -0.39 is 0 Å². The molecule has 1 nitrogen and oxygen atoms in total. The zero-order valence-corrected chi connectivity index (χ0v) is 10.8. The van der Waals surface area contributed by atoms with Crippen LogP contribution in [-0.2, 0) is 4.74 Å². The van der Waals surface area contributed by atoms with Crippen LogP contribution in [0.15, 0.2) is 47.4 Å². The minimum absolute atomic E-state index is 0.361. The molecule has 1 aliphatic carbocycles. The third-order valence-electron chi connectivity index (χ3n) is 2.85. The molecule has 0 bridgehead atoms. The Hall–Kier alpha value is -1.17. The van der Waals surface area contributed by atoms with E-state index in [1.807, 2.05) is 18.2 Å². The van der Waals surface area contributed by atoms with E-state index in [4.69, 9.17) is 4.74 Å². The van der Waals surface area contributed by atoms with E-state index in [0.29, 0.717) is 0 Å². The standard InChI is InChI=1S/C15H16OS/c1-16-15(10-6-3-7-11-15)12-13-17-14-8-4-2-5-9-14/h2,4-6,8-10H,3,7,11H2,1H3. The van der Waals surface area contributed by atoms with Crippen LogP contribution in [0.4, 0.5) is 0 Å². The molecule has 1 aliphatic rings. The summed E-state index contributed by atoms with van der Waals surface area (Å²) in [6.07, 6.45) is 7.53. The van der Waals surface area contributed by atoms with E-state index in [9.17, 15) is 0 Å². The summed E-state index contributed by atoms with van der Waals surface area (Å²) in [5.41, 5.74) is -0.361. The van der Waals surface area contributed by atoms with Gasteiger partial charge in [-0.3, -0.25) is 0 Å². The van der Waals surface area contributed by atoms with Crippen molar-refractivity contribution in [2.24, 2.45) is 0 Å². The van der Waals surface area contributed by atoms with E-state index >= 15 is 0 Å². The highest BCUT2D eigenvalue weighted by atomic mass is 32.2. The van der Waals surface area contributed by atoms with Crippen molar-refractivity contribution < 1.29 is 4.74 Å². The van der Waals surface area contributed by atoms with Gasteiger partial charge in [0.25, 0.3) is 0 Å². The third-order valence-corrected chi connectivity index (χ3v) is 3.56. The van der Waals surface area contributed by atoms with Crippen LogP contribution >= 0.6 is 11.8 Å². The van der Waals surface area contributed by atoms with Crippen LogP contribution in [0.3, 0.4) is 0 Å². The van der Waals surface area contributed by atoms with Crippen LogP contribution in [0.25, 0.3) is 0 Å². The Labute approximate surface area is 107 Å². The molecule has 17 heavy (non-hydrogen) atoms. The van der Waals surface area contributed by atoms with Crippen molar-refractivity contribution in [2.75, 3.05) is 7.11 Å². The summed E-state index contributed by atoms with van der Waals surface area (Å²) in [5, 5.41) is 3.15. The second-order valence-corrected chi connectivity index (χ2v) is 4.91. The van der Waals surface area contributed by atoms with Crippen LogP contribution in [0.1, 0.15) is 19.3 Å². The average molecular weight is 244 g/mol. The molecule has 0 aromatic heterocycles. The number of hydrogen-bond donors (Lipinski definition) is 0. The molecule has 0 aliphatic heterocycles. The van der Waals surface area contributed by atoms with Gasteiger partial charge in [-0.25, -0.2) is 0 Å². The maximum Gasteiger partial charge on any atom is 0.147 e. The molecule has 0 radical (unpaired) electrons. The van der Waals surface area contributed by atoms with E-state index in [2.05, 4.69) is 35.5 Å². The Bertz CT molecular complexity index is 441. The SMILES string of the molecule is COC1(C#CSc2ccccc2)C=CCCC1. The van der Waals surface area contributed by atoms with Crippen molar-refractivity contribution in [2.45, 2.75) is 29.8 Å². The lowest BCUT2D eigenvalue weighted by Gasteiger charge is -2.25. The first-order chi connectivity index (χ1) is 8.35. The summed E-state index contributed by atoms with van der Waals surface area (Å²) in [5.74, 6) is 3.24. The fraction of sp³-hybridized carbons (Fsp3) is 0.333. The molecule has 2 rings (SSSR count). The molecule has 0 fully saturated rings. The molecule has 0 amide bonds. The molecule has 88 valence electrons. The average Bonchev–Trinajstić information content (AvgIpc) is 2.41. The Morgan fingerprint density at radius 2 is 2.12 bits per heavy atom. The van der Waals surface area contributed by atoms with Gasteiger partial charge in [-0.05, 0) is 54.5 Å². The lowest BCUT2D eigenvalue weighted by Crippen LogP contribution is -2.28. The lowest BCUT2D eigenvalue weighted by molar-refractivity contribution is 0.0697. The minimum Gasteiger partial charge on any atom is -0.362 e. The van der Waals surface area contributed by atoms with Crippen LogP contribution in [0, 0.1) is 11.2 Å². The zero-order valence-electron chi connectivity index (χ0n) is 9.98. The largest absolute Gasteiger partial charge is 0.362 e. The number of benzene rings is 1. The first kappa shape index (κ1) is 12.3. The van der Waals surface area contributed by atoms with Crippen LogP contribution in [0.5, 0.6) is 0 Å². The molecule has 1 aromatic carbocycles. The molecular formula is C15H16OS. The maximum atomic E-state index is 5.54. The van der Waals surface area contributed by atoms with Gasteiger partial charge in [0, 0.05) is 12.0 Å². The van der Waals surface area contributed by atoms with Gasteiger partial charge in [-0.1, -0.05) is 30.2 Å². The summed E-state index contributed by atoms with van der Waals surface area (Å²) in [6.45, 7) is 0. The van der Waals surface area contributed by atoms with Crippen molar-refractivity contribution >= 4 is 11.8 Å². The molecule has 0 saturated heterocycles. The summed E-state index contributed by atoms with van der Waals surface area (Å²) in [4.78, 5) is 1.17. The Morgan fingerprint density at radius 3 is 2.76 bits per heavy atom. The van der Waals surface area contributed by atoms with E-state index in [-0.39, 0.29) is 5.60 Å². The van der Waals surface area contributed by atoms with Gasteiger partial charge in [0.05, 0.1) is 0 Å². The highest BCUT2D eigenvalue weighted by molar-refractivity contribution is 8.03. The quantitative estimate of drug-likeness (QED) is 0.444. The summed E-state index contributed by atoms with van der Waals surface area (Å²) < 4.78 is 5.54. The van der Waals surface area contributed by atoms with Crippen molar-refractivity contribution in [1.82, 2.24) is 0 Å². The van der Waals surface area contributed by atoms with Crippen molar-refractivity contribution in [3.05, 3.63) is 42.5 Å². The van der Waals surface area contributed by atoms with Crippen LogP contribution < -0.4 is 0 Å². The molecule has 1 atom stereocenters. The summed E-state index contributed by atoms with van der Waals surface area (Å²) in [7, 11) is 1.73. The molecule has 0 N–H and O–H groups in total. The first-order valence-corrected chi connectivity index (χ1v) is 6.63. The molecular weight excluding hydrogens is 228 g/mol. The molecule has 1 aromatic rings. The predicted octanol–water partition coefficient (Wildman–Crippen LogP) is 3.86. The van der Waals surface area contributed by atoms with E-state index in [0.717, 1.165) is 19.3 Å². The Balaban J connectivity index is 2.05. The van der Waals surface area contributed by atoms with E-state index in [1.165, 1.54) is 4.90 Å². The maximum absolute atomic E-state index is 5.54. The minimum atomic E-state index is -0.361. The molecule has 2 heteroatoms. The Morgan fingerprint density at radius 1 is 1.29 bits per heavy atom. The van der Waals surface area contributed by atoms with Crippen LogP contribution in [0.2, 0.25) is 0 Å². The van der Waals surface area contributed by atoms with Gasteiger partial charge in [-0.2, -0.15) is 0 Å². The fourth-order valence-electron chi connectivity index (χ4n) is 1.82. The Kier molecular flexibility index (Phi) is 4.30. The fourth-order valence-corrected chi connectivity index (χ4v) is 2.46. The molecule has 0 spiro atoms. The first-order valence-electron chi connectivity index (χ1n) is 5.82. The lowest BCUT2D eigenvalue weighted by atomic mass is 9.92. The predicted molar refractivity (Wildman–Crippen MR) is 72.8 cm³/mol. The van der Waals surface area contributed by atoms with Gasteiger partial charge in [0.15, 0.2) is 0 Å². The van der Waals surface area contributed by atoms with Crippen molar-refractivity contribution in [1.29, 1.82) is 0 Å². The van der Waals surface area contributed by atoms with Crippen molar-refractivity contribution in [3.8, 4) is 11.2 Å². The second-order valence-electron chi connectivity index (χ2n) is 4.03. The monoisotopic (exact) mass is 244 g/mol. The van der Waals surface area contributed by atoms with Gasteiger partial charge < -0.3 is 4.74 Å².